The second-order valence-corrected chi connectivity index (χ2v) is 4.43. The van der Waals surface area contributed by atoms with Crippen LogP contribution in [0.15, 0.2) is 22.7 Å². The molecule has 0 heterocycles. The highest BCUT2D eigenvalue weighted by Crippen LogP contribution is 2.26. The van der Waals surface area contributed by atoms with Gasteiger partial charge in [-0.15, -0.1) is 0 Å². The molecule has 0 saturated carbocycles. The molecule has 0 spiro atoms. The molecule has 1 N–H and O–H groups in total. The van der Waals surface area contributed by atoms with Crippen molar-refractivity contribution in [2.24, 2.45) is 0 Å². The van der Waals surface area contributed by atoms with Gasteiger partial charge in [0, 0.05) is 19.7 Å². The summed E-state index contributed by atoms with van der Waals surface area (Å²) in [5, 5.41) is 3.17. The molecule has 0 fully saturated rings. The van der Waals surface area contributed by atoms with Gasteiger partial charge in [0.25, 0.3) is 0 Å². The molecule has 0 aromatic heterocycles. The first-order valence-electron chi connectivity index (χ1n) is 5.48. The van der Waals surface area contributed by atoms with Crippen LogP contribution in [0.2, 0.25) is 0 Å². The first-order chi connectivity index (χ1) is 8.17. The topological polar surface area (TPSA) is 30.5 Å². The smallest absolute Gasteiger partial charge is 0.137 e. The number of halogens is 2. The first kappa shape index (κ1) is 14.4. The minimum Gasteiger partial charge on any atom is -0.485 e. The van der Waals surface area contributed by atoms with E-state index < -0.39 is 0 Å². The van der Waals surface area contributed by atoms with Gasteiger partial charge in [-0.1, -0.05) is 6.92 Å². The third-order valence-corrected chi connectivity index (χ3v) is 2.82. The Bertz CT molecular complexity index is 349. The molecule has 1 rings (SSSR count). The standard InChI is InChI=1S/C12H17BrFNO2/c1-3-15-7-10(8-16-2)17-12-6-9(14)4-5-11(12)13/h4-6,10,15H,3,7-8H2,1-2H3. The van der Waals surface area contributed by atoms with E-state index in [1.807, 2.05) is 6.92 Å². The average Bonchev–Trinajstić information content (AvgIpc) is 2.31. The summed E-state index contributed by atoms with van der Waals surface area (Å²) >= 11 is 3.33. The van der Waals surface area contributed by atoms with Crippen molar-refractivity contribution in [1.82, 2.24) is 5.32 Å². The van der Waals surface area contributed by atoms with Crippen LogP contribution in [-0.2, 0) is 4.74 Å². The largest absolute Gasteiger partial charge is 0.485 e. The molecule has 0 aliphatic rings. The number of rotatable bonds is 7. The maximum atomic E-state index is 13.1. The second kappa shape index (κ2) is 7.63. The third-order valence-electron chi connectivity index (χ3n) is 2.16. The van der Waals surface area contributed by atoms with Gasteiger partial charge in [-0.05, 0) is 34.6 Å². The Hall–Kier alpha value is -0.650. The van der Waals surface area contributed by atoms with E-state index in [0.29, 0.717) is 18.9 Å². The summed E-state index contributed by atoms with van der Waals surface area (Å²) in [6.45, 7) is 3.99. The van der Waals surface area contributed by atoms with Gasteiger partial charge in [0.1, 0.15) is 17.7 Å². The van der Waals surface area contributed by atoms with Crippen molar-refractivity contribution in [2.75, 3.05) is 26.8 Å². The first-order valence-corrected chi connectivity index (χ1v) is 6.28. The minimum atomic E-state index is -0.317. The van der Waals surface area contributed by atoms with Gasteiger partial charge < -0.3 is 14.8 Å². The Balaban J connectivity index is 2.67. The molecular formula is C12H17BrFNO2. The molecule has 0 radical (unpaired) electrons. The van der Waals surface area contributed by atoms with Crippen molar-refractivity contribution < 1.29 is 13.9 Å². The molecule has 0 amide bonds. The number of nitrogens with one attached hydrogen (secondary N) is 1. The van der Waals surface area contributed by atoms with Crippen molar-refractivity contribution >= 4 is 15.9 Å². The van der Waals surface area contributed by atoms with E-state index >= 15 is 0 Å². The highest BCUT2D eigenvalue weighted by Gasteiger charge is 2.12. The normalized spacial score (nSPS) is 12.5. The number of ether oxygens (including phenoxy) is 2. The molecule has 1 unspecified atom stereocenters. The van der Waals surface area contributed by atoms with Gasteiger partial charge in [0.2, 0.25) is 0 Å². The average molecular weight is 306 g/mol. The Kier molecular flexibility index (Phi) is 6.47. The van der Waals surface area contributed by atoms with E-state index in [9.17, 15) is 4.39 Å². The maximum absolute atomic E-state index is 13.1. The highest BCUT2D eigenvalue weighted by atomic mass is 79.9. The molecule has 1 aromatic rings. The monoisotopic (exact) mass is 305 g/mol. The summed E-state index contributed by atoms with van der Waals surface area (Å²) in [4.78, 5) is 0. The molecule has 0 bridgehead atoms. The fraction of sp³-hybridized carbons (Fsp3) is 0.500. The number of benzene rings is 1. The summed E-state index contributed by atoms with van der Waals surface area (Å²) in [6.07, 6.45) is -0.141. The number of methoxy groups -OCH3 is 1. The van der Waals surface area contributed by atoms with E-state index in [0.717, 1.165) is 11.0 Å². The maximum Gasteiger partial charge on any atom is 0.137 e. The Morgan fingerprint density at radius 1 is 1.47 bits per heavy atom. The fourth-order valence-corrected chi connectivity index (χ4v) is 1.71. The van der Waals surface area contributed by atoms with Crippen LogP contribution in [0.1, 0.15) is 6.92 Å². The lowest BCUT2D eigenvalue weighted by molar-refractivity contribution is 0.0802. The second-order valence-electron chi connectivity index (χ2n) is 3.58. The predicted molar refractivity (Wildman–Crippen MR) is 68.9 cm³/mol. The van der Waals surface area contributed by atoms with Gasteiger partial charge in [-0.25, -0.2) is 4.39 Å². The zero-order valence-electron chi connectivity index (χ0n) is 10.0. The van der Waals surface area contributed by atoms with Gasteiger partial charge in [0.05, 0.1) is 11.1 Å². The van der Waals surface area contributed by atoms with Gasteiger partial charge in [0.15, 0.2) is 0 Å². The van der Waals surface area contributed by atoms with E-state index in [4.69, 9.17) is 9.47 Å². The van der Waals surface area contributed by atoms with Crippen LogP contribution in [0.3, 0.4) is 0 Å². The van der Waals surface area contributed by atoms with Crippen LogP contribution < -0.4 is 10.1 Å². The van der Waals surface area contributed by atoms with E-state index in [1.165, 1.54) is 12.1 Å². The molecule has 17 heavy (non-hydrogen) atoms. The van der Waals surface area contributed by atoms with Gasteiger partial charge in [-0.3, -0.25) is 0 Å². The van der Waals surface area contributed by atoms with Crippen LogP contribution in [0.4, 0.5) is 4.39 Å². The van der Waals surface area contributed by atoms with Crippen molar-refractivity contribution in [3.8, 4) is 5.75 Å². The quantitative estimate of drug-likeness (QED) is 0.840. The van der Waals surface area contributed by atoms with Crippen LogP contribution >= 0.6 is 15.9 Å². The minimum absolute atomic E-state index is 0.141. The fourth-order valence-electron chi connectivity index (χ4n) is 1.37. The van der Waals surface area contributed by atoms with Gasteiger partial charge >= 0.3 is 0 Å². The lowest BCUT2D eigenvalue weighted by atomic mass is 10.3. The van der Waals surface area contributed by atoms with Crippen LogP contribution in [0, 0.1) is 5.82 Å². The summed E-state index contributed by atoms with van der Waals surface area (Å²) in [5.41, 5.74) is 0. The van der Waals surface area contributed by atoms with Crippen molar-refractivity contribution in [3.63, 3.8) is 0 Å². The van der Waals surface area contributed by atoms with Crippen LogP contribution in [0.5, 0.6) is 5.75 Å². The zero-order chi connectivity index (χ0) is 12.7. The molecule has 0 aliphatic carbocycles. The summed E-state index contributed by atoms with van der Waals surface area (Å²) < 4.78 is 24.6. The molecule has 3 nitrogen and oxygen atoms in total. The van der Waals surface area contributed by atoms with E-state index in [-0.39, 0.29) is 11.9 Å². The molecule has 1 aromatic carbocycles. The SMILES string of the molecule is CCNCC(COC)Oc1cc(F)ccc1Br. The zero-order valence-corrected chi connectivity index (χ0v) is 11.6. The Morgan fingerprint density at radius 3 is 2.88 bits per heavy atom. The highest BCUT2D eigenvalue weighted by molar-refractivity contribution is 9.10. The Morgan fingerprint density at radius 2 is 2.24 bits per heavy atom. The lowest BCUT2D eigenvalue weighted by Crippen LogP contribution is -2.34. The third kappa shape index (κ3) is 5.02. The molecule has 96 valence electrons. The Labute approximate surface area is 109 Å². The molecule has 0 aliphatic heterocycles. The van der Waals surface area contributed by atoms with E-state index in [2.05, 4.69) is 21.2 Å². The predicted octanol–water partition coefficient (Wildman–Crippen LogP) is 2.59. The molecule has 5 heteroatoms. The number of hydrogen-bond donors (Lipinski definition) is 1. The van der Waals surface area contributed by atoms with Crippen molar-refractivity contribution in [3.05, 3.63) is 28.5 Å². The van der Waals surface area contributed by atoms with E-state index in [1.54, 1.807) is 13.2 Å². The van der Waals surface area contributed by atoms with Crippen molar-refractivity contribution in [2.45, 2.75) is 13.0 Å². The van der Waals surface area contributed by atoms with Crippen molar-refractivity contribution in [1.29, 1.82) is 0 Å². The summed E-state index contributed by atoms with van der Waals surface area (Å²) in [6, 6.07) is 4.37. The van der Waals surface area contributed by atoms with Gasteiger partial charge in [-0.2, -0.15) is 0 Å². The number of likely N-dealkylation sites (N-methyl/N-ethyl adjacent to an activating group) is 1. The van der Waals surface area contributed by atoms with Crippen LogP contribution in [0.25, 0.3) is 0 Å². The molecular weight excluding hydrogens is 289 g/mol. The summed E-state index contributed by atoms with van der Waals surface area (Å²) in [7, 11) is 1.61. The lowest BCUT2D eigenvalue weighted by Gasteiger charge is -2.19. The summed E-state index contributed by atoms with van der Waals surface area (Å²) in [5.74, 6) is 0.174. The van der Waals surface area contributed by atoms with Crippen LogP contribution in [-0.4, -0.2) is 32.9 Å². The molecule has 0 saturated heterocycles. The molecule has 1 atom stereocenters. The number of hydrogen-bond acceptors (Lipinski definition) is 3.